The van der Waals surface area contributed by atoms with Crippen molar-refractivity contribution in [1.82, 2.24) is 4.31 Å². The standard InChI is InChI=1S/C16H24N2O4S.ClH/c1-12-4-2-7-18(14(12)11-17)23(19,20)13-5-6-15-16(10-13)22-9-3-8-21-15;/h5-6,10,12,14H,2-4,7-9,11,17H2,1H3;1H. The number of ether oxygens (including phenoxy) is 2. The Morgan fingerprint density at radius 3 is 2.62 bits per heavy atom. The number of halogens is 1. The molecule has 0 radical (unpaired) electrons. The minimum Gasteiger partial charge on any atom is -0.490 e. The van der Waals surface area contributed by atoms with Crippen LogP contribution in [-0.4, -0.2) is 45.1 Å². The van der Waals surface area contributed by atoms with Gasteiger partial charge in [-0.3, -0.25) is 0 Å². The molecular weight excluding hydrogens is 352 g/mol. The zero-order chi connectivity index (χ0) is 16.4. The van der Waals surface area contributed by atoms with Crippen molar-refractivity contribution >= 4 is 22.4 Å². The highest BCUT2D eigenvalue weighted by Crippen LogP contribution is 2.35. The fourth-order valence-corrected chi connectivity index (χ4v) is 5.09. The van der Waals surface area contributed by atoms with Crippen LogP contribution in [0.15, 0.2) is 23.1 Å². The Balaban J connectivity index is 0.00000208. The lowest BCUT2D eigenvalue weighted by Gasteiger charge is -2.38. The van der Waals surface area contributed by atoms with E-state index in [2.05, 4.69) is 6.92 Å². The monoisotopic (exact) mass is 376 g/mol. The number of hydrogen-bond donors (Lipinski definition) is 1. The number of piperidine rings is 1. The van der Waals surface area contributed by atoms with E-state index in [0.29, 0.717) is 37.8 Å². The molecule has 1 fully saturated rings. The number of hydrogen-bond acceptors (Lipinski definition) is 5. The van der Waals surface area contributed by atoms with E-state index in [1.807, 2.05) is 0 Å². The molecule has 8 heteroatoms. The largest absolute Gasteiger partial charge is 0.490 e. The molecule has 0 bridgehead atoms. The van der Waals surface area contributed by atoms with E-state index in [4.69, 9.17) is 15.2 Å². The third-order valence-corrected chi connectivity index (χ3v) is 6.55. The number of benzene rings is 1. The van der Waals surface area contributed by atoms with Gasteiger partial charge >= 0.3 is 0 Å². The van der Waals surface area contributed by atoms with Crippen molar-refractivity contribution in [3.05, 3.63) is 18.2 Å². The summed E-state index contributed by atoms with van der Waals surface area (Å²) >= 11 is 0. The molecule has 2 unspecified atom stereocenters. The average Bonchev–Trinajstić information content (AvgIpc) is 2.79. The van der Waals surface area contributed by atoms with E-state index >= 15 is 0 Å². The highest BCUT2D eigenvalue weighted by Gasteiger charge is 2.36. The van der Waals surface area contributed by atoms with Crippen LogP contribution in [0.2, 0.25) is 0 Å². The summed E-state index contributed by atoms with van der Waals surface area (Å²) in [5, 5.41) is 0. The molecule has 0 saturated carbocycles. The van der Waals surface area contributed by atoms with Gasteiger partial charge in [0, 0.05) is 31.6 Å². The van der Waals surface area contributed by atoms with Crippen molar-refractivity contribution in [2.75, 3.05) is 26.3 Å². The van der Waals surface area contributed by atoms with Crippen molar-refractivity contribution in [2.24, 2.45) is 11.7 Å². The molecule has 136 valence electrons. The molecule has 0 aliphatic carbocycles. The molecular formula is C16H25ClN2O4S. The van der Waals surface area contributed by atoms with Crippen molar-refractivity contribution in [2.45, 2.75) is 37.1 Å². The van der Waals surface area contributed by atoms with E-state index in [-0.39, 0.29) is 29.3 Å². The predicted octanol–water partition coefficient (Wildman–Crippen LogP) is 2.02. The highest BCUT2D eigenvalue weighted by atomic mass is 35.5. The molecule has 1 saturated heterocycles. The minimum absolute atomic E-state index is 0. The Morgan fingerprint density at radius 1 is 1.21 bits per heavy atom. The summed E-state index contributed by atoms with van der Waals surface area (Å²) in [6.45, 7) is 4.03. The Morgan fingerprint density at radius 2 is 1.92 bits per heavy atom. The van der Waals surface area contributed by atoms with Crippen LogP contribution in [0.5, 0.6) is 11.5 Å². The molecule has 2 aliphatic heterocycles. The van der Waals surface area contributed by atoms with Crippen molar-refractivity contribution in [3.8, 4) is 11.5 Å². The predicted molar refractivity (Wildman–Crippen MR) is 94.4 cm³/mol. The second kappa shape index (κ2) is 7.91. The summed E-state index contributed by atoms with van der Waals surface area (Å²) in [6, 6.07) is 4.70. The molecule has 24 heavy (non-hydrogen) atoms. The third-order valence-electron chi connectivity index (χ3n) is 4.63. The molecule has 0 spiro atoms. The quantitative estimate of drug-likeness (QED) is 0.872. The number of fused-ring (bicyclic) bond motifs is 1. The van der Waals surface area contributed by atoms with Crippen LogP contribution >= 0.6 is 12.4 Å². The molecule has 1 aromatic carbocycles. The lowest BCUT2D eigenvalue weighted by molar-refractivity contribution is 0.192. The molecule has 3 rings (SSSR count). The van der Waals surface area contributed by atoms with E-state index in [1.165, 1.54) is 0 Å². The van der Waals surface area contributed by atoms with Crippen LogP contribution in [0.4, 0.5) is 0 Å². The Hall–Kier alpha value is -1.02. The molecule has 0 aromatic heterocycles. The summed E-state index contributed by atoms with van der Waals surface area (Å²) in [6.07, 6.45) is 2.66. The van der Waals surface area contributed by atoms with Crippen molar-refractivity contribution < 1.29 is 17.9 Å². The van der Waals surface area contributed by atoms with Crippen LogP contribution in [0.3, 0.4) is 0 Å². The van der Waals surface area contributed by atoms with Gasteiger partial charge in [-0.2, -0.15) is 4.31 Å². The molecule has 2 atom stereocenters. The third kappa shape index (κ3) is 3.64. The van der Waals surface area contributed by atoms with E-state index in [1.54, 1.807) is 22.5 Å². The van der Waals surface area contributed by atoms with Crippen molar-refractivity contribution in [3.63, 3.8) is 0 Å². The number of sulfonamides is 1. The fraction of sp³-hybridized carbons (Fsp3) is 0.625. The van der Waals surface area contributed by atoms with Gasteiger partial charge in [0.25, 0.3) is 0 Å². The molecule has 6 nitrogen and oxygen atoms in total. The Kier molecular flexibility index (Phi) is 6.36. The first kappa shape index (κ1) is 19.3. The maximum Gasteiger partial charge on any atom is 0.243 e. The smallest absolute Gasteiger partial charge is 0.243 e. The molecule has 2 aliphatic rings. The molecule has 2 N–H and O–H groups in total. The number of rotatable bonds is 3. The van der Waals surface area contributed by atoms with Gasteiger partial charge in [0.05, 0.1) is 18.1 Å². The van der Waals surface area contributed by atoms with Gasteiger partial charge in [0.1, 0.15) is 0 Å². The molecule has 0 amide bonds. The normalized spacial score (nSPS) is 24.8. The first-order valence-corrected chi connectivity index (χ1v) is 9.59. The van der Waals surface area contributed by atoms with Crippen LogP contribution in [0.25, 0.3) is 0 Å². The summed E-state index contributed by atoms with van der Waals surface area (Å²) in [4.78, 5) is 0.245. The zero-order valence-corrected chi connectivity index (χ0v) is 15.4. The summed E-state index contributed by atoms with van der Waals surface area (Å²) in [5.41, 5.74) is 5.84. The van der Waals surface area contributed by atoms with Gasteiger partial charge in [0.15, 0.2) is 11.5 Å². The Labute approximate surface area is 149 Å². The SMILES string of the molecule is CC1CCCN(S(=O)(=O)c2ccc3c(c2)OCCCO3)C1CN.Cl. The average molecular weight is 377 g/mol. The molecule has 1 aromatic rings. The van der Waals surface area contributed by atoms with Crippen LogP contribution in [0, 0.1) is 5.92 Å². The second-order valence-electron chi connectivity index (χ2n) is 6.20. The maximum atomic E-state index is 13.0. The van der Waals surface area contributed by atoms with Gasteiger partial charge in [0.2, 0.25) is 10.0 Å². The summed E-state index contributed by atoms with van der Waals surface area (Å²) in [5.74, 6) is 1.37. The van der Waals surface area contributed by atoms with Crippen LogP contribution < -0.4 is 15.2 Å². The van der Waals surface area contributed by atoms with Gasteiger partial charge in [-0.15, -0.1) is 12.4 Å². The van der Waals surface area contributed by atoms with Gasteiger partial charge < -0.3 is 15.2 Å². The van der Waals surface area contributed by atoms with E-state index in [9.17, 15) is 8.42 Å². The second-order valence-corrected chi connectivity index (χ2v) is 8.09. The fourth-order valence-electron chi connectivity index (χ4n) is 3.30. The summed E-state index contributed by atoms with van der Waals surface area (Å²) < 4.78 is 38.8. The van der Waals surface area contributed by atoms with E-state index in [0.717, 1.165) is 19.3 Å². The zero-order valence-electron chi connectivity index (χ0n) is 13.8. The summed E-state index contributed by atoms with van der Waals surface area (Å²) in [7, 11) is -3.58. The number of nitrogens with zero attached hydrogens (tertiary/aromatic N) is 1. The number of nitrogens with two attached hydrogens (primary N) is 1. The Bertz CT molecular complexity index is 668. The van der Waals surface area contributed by atoms with E-state index < -0.39 is 10.0 Å². The van der Waals surface area contributed by atoms with Gasteiger partial charge in [-0.05, 0) is 30.9 Å². The van der Waals surface area contributed by atoms with Crippen molar-refractivity contribution in [1.29, 1.82) is 0 Å². The lowest BCUT2D eigenvalue weighted by atomic mass is 9.93. The van der Waals surface area contributed by atoms with Crippen LogP contribution in [-0.2, 0) is 10.0 Å². The maximum absolute atomic E-state index is 13.0. The van der Waals surface area contributed by atoms with Gasteiger partial charge in [-0.25, -0.2) is 8.42 Å². The molecule has 2 heterocycles. The lowest BCUT2D eigenvalue weighted by Crippen LogP contribution is -2.51. The first-order valence-electron chi connectivity index (χ1n) is 8.15. The first-order chi connectivity index (χ1) is 11.0. The highest BCUT2D eigenvalue weighted by molar-refractivity contribution is 7.89. The minimum atomic E-state index is -3.58. The van der Waals surface area contributed by atoms with Crippen LogP contribution in [0.1, 0.15) is 26.2 Å². The van der Waals surface area contributed by atoms with Gasteiger partial charge in [-0.1, -0.05) is 6.92 Å². The topological polar surface area (TPSA) is 81.9 Å².